The van der Waals surface area contributed by atoms with Gasteiger partial charge in [0.15, 0.2) is 0 Å². The molecule has 4 fully saturated rings. The van der Waals surface area contributed by atoms with Gasteiger partial charge < -0.3 is 10.1 Å². The Morgan fingerprint density at radius 2 is 1.86 bits per heavy atom. The van der Waals surface area contributed by atoms with Crippen molar-refractivity contribution < 1.29 is 9.53 Å². The maximum absolute atomic E-state index is 13.6. The van der Waals surface area contributed by atoms with E-state index >= 15 is 0 Å². The van der Waals surface area contributed by atoms with Crippen molar-refractivity contribution in [2.75, 3.05) is 19.7 Å². The predicted molar refractivity (Wildman–Crippen MR) is 111 cm³/mol. The Hall–Kier alpha value is -1.10. The van der Waals surface area contributed by atoms with Gasteiger partial charge in [-0.25, -0.2) is 0 Å². The average Bonchev–Trinajstić information content (AvgIpc) is 3.49. The van der Waals surface area contributed by atoms with Crippen LogP contribution in [0.4, 0.5) is 0 Å². The van der Waals surface area contributed by atoms with Crippen LogP contribution < -0.4 is 5.32 Å². The van der Waals surface area contributed by atoms with Gasteiger partial charge in [-0.05, 0) is 55.7 Å². The third kappa shape index (κ3) is 3.59. The molecule has 2 saturated heterocycles. The van der Waals surface area contributed by atoms with Crippen LogP contribution in [0.25, 0.3) is 0 Å². The fourth-order valence-electron chi connectivity index (χ4n) is 5.65. The lowest BCUT2D eigenvalue weighted by Gasteiger charge is -2.37. The molecule has 5 rings (SSSR count). The van der Waals surface area contributed by atoms with Gasteiger partial charge in [0.05, 0.1) is 18.1 Å². The third-order valence-electron chi connectivity index (χ3n) is 7.47. The van der Waals surface area contributed by atoms with E-state index in [0.717, 1.165) is 68.3 Å². The van der Waals surface area contributed by atoms with Crippen LogP contribution >= 0.6 is 11.6 Å². The number of benzene rings is 1. The van der Waals surface area contributed by atoms with Crippen molar-refractivity contribution in [1.82, 2.24) is 10.2 Å². The first kappa shape index (κ1) is 18.9. The number of amides is 1. The highest BCUT2D eigenvalue weighted by Gasteiger charge is 2.45. The summed E-state index contributed by atoms with van der Waals surface area (Å²) in [4.78, 5) is 16.1. The van der Waals surface area contributed by atoms with Crippen molar-refractivity contribution in [1.29, 1.82) is 0 Å². The number of carbonyl (C=O) groups excluding carboxylic acids is 1. The number of hydrogen-bond donors (Lipinski definition) is 1. The maximum Gasteiger partial charge on any atom is 0.230 e. The van der Waals surface area contributed by atoms with Crippen LogP contribution in [0.1, 0.15) is 56.9 Å². The molecule has 0 bridgehead atoms. The molecule has 0 spiro atoms. The fraction of sp³-hybridized carbons (Fsp3) is 0.696. The molecule has 1 N–H and O–H groups in total. The van der Waals surface area contributed by atoms with E-state index in [2.05, 4.69) is 22.3 Å². The smallest absolute Gasteiger partial charge is 0.230 e. The first-order valence-corrected chi connectivity index (χ1v) is 11.4. The highest BCUT2D eigenvalue weighted by atomic mass is 35.5. The molecule has 28 heavy (non-hydrogen) atoms. The molecular weight excluding hydrogens is 372 g/mol. The standard InChI is InChI=1S/C23H31ClN2O2/c24-18-8-6-17(7-9-18)23(10-2-1-3-11-23)22(27)25-19-12-20-15-28-21(16-4-5-16)14-26(20)13-19/h6-9,16,19-21H,1-5,10-15H2,(H,25,27)/t19-,20+,21-/m1/s1. The molecule has 2 aliphatic carbocycles. The summed E-state index contributed by atoms with van der Waals surface area (Å²) in [6.45, 7) is 2.85. The molecule has 4 nitrogen and oxygen atoms in total. The second-order valence-electron chi connectivity index (χ2n) is 9.37. The topological polar surface area (TPSA) is 41.6 Å². The SMILES string of the molecule is O=C(N[C@@H]1C[C@H]2CO[C@@H](C3CC3)CN2C1)C1(c2ccc(Cl)cc2)CCCCC1. The van der Waals surface area contributed by atoms with Crippen molar-refractivity contribution in [2.24, 2.45) is 5.92 Å². The number of hydrogen-bond acceptors (Lipinski definition) is 3. The summed E-state index contributed by atoms with van der Waals surface area (Å²) in [5.41, 5.74) is 0.737. The molecule has 2 saturated carbocycles. The zero-order chi connectivity index (χ0) is 19.1. The molecular formula is C23H31ClN2O2. The molecule has 0 radical (unpaired) electrons. The second-order valence-corrected chi connectivity index (χ2v) is 9.81. The molecule has 5 heteroatoms. The number of morpholine rings is 1. The second kappa shape index (κ2) is 7.62. The first-order chi connectivity index (χ1) is 13.6. The lowest BCUT2D eigenvalue weighted by Crippen LogP contribution is -2.50. The van der Waals surface area contributed by atoms with Gasteiger partial charge in [-0.3, -0.25) is 9.69 Å². The Kier molecular flexibility index (Phi) is 5.14. The lowest BCUT2D eigenvalue weighted by atomic mass is 9.68. The van der Waals surface area contributed by atoms with Crippen LogP contribution in [-0.2, 0) is 14.9 Å². The Morgan fingerprint density at radius 1 is 1.11 bits per heavy atom. The molecule has 2 heterocycles. The van der Waals surface area contributed by atoms with E-state index in [1.165, 1.54) is 19.3 Å². The summed E-state index contributed by atoms with van der Waals surface area (Å²) < 4.78 is 6.12. The van der Waals surface area contributed by atoms with Gasteiger partial charge in [0.2, 0.25) is 5.91 Å². The van der Waals surface area contributed by atoms with E-state index in [1.54, 1.807) is 0 Å². The third-order valence-corrected chi connectivity index (χ3v) is 7.72. The van der Waals surface area contributed by atoms with Crippen LogP contribution in [0.2, 0.25) is 5.02 Å². The number of halogens is 1. The highest BCUT2D eigenvalue weighted by molar-refractivity contribution is 6.30. The van der Waals surface area contributed by atoms with E-state index in [0.29, 0.717) is 12.1 Å². The number of nitrogens with zero attached hydrogens (tertiary/aromatic N) is 1. The minimum Gasteiger partial charge on any atom is -0.375 e. The maximum atomic E-state index is 13.6. The Morgan fingerprint density at radius 3 is 2.57 bits per heavy atom. The van der Waals surface area contributed by atoms with E-state index < -0.39 is 0 Å². The number of nitrogens with one attached hydrogen (secondary N) is 1. The van der Waals surface area contributed by atoms with Crippen molar-refractivity contribution in [3.63, 3.8) is 0 Å². The molecule has 2 aliphatic heterocycles. The van der Waals surface area contributed by atoms with E-state index in [-0.39, 0.29) is 17.4 Å². The van der Waals surface area contributed by atoms with E-state index in [1.807, 2.05) is 12.1 Å². The van der Waals surface area contributed by atoms with Crippen molar-refractivity contribution >= 4 is 17.5 Å². The van der Waals surface area contributed by atoms with E-state index in [4.69, 9.17) is 16.3 Å². The molecule has 0 aromatic heterocycles. The summed E-state index contributed by atoms with van der Waals surface area (Å²) in [5.74, 6) is 1.00. The average molecular weight is 403 g/mol. The Bertz CT molecular complexity index is 712. The van der Waals surface area contributed by atoms with Crippen LogP contribution in [-0.4, -0.2) is 48.7 Å². The molecule has 1 aromatic carbocycles. The Balaban J connectivity index is 1.28. The normalized spacial score (nSPS) is 32.7. The van der Waals surface area contributed by atoms with Crippen LogP contribution in [0.15, 0.2) is 24.3 Å². The van der Waals surface area contributed by atoms with Gasteiger partial charge in [-0.15, -0.1) is 0 Å². The largest absolute Gasteiger partial charge is 0.375 e. The Labute approximate surface area is 173 Å². The van der Waals surface area contributed by atoms with Gasteiger partial charge >= 0.3 is 0 Å². The number of rotatable bonds is 4. The summed E-state index contributed by atoms with van der Waals surface area (Å²) in [7, 11) is 0. The van der Waals surface area contributed by atoms with Crippen molar-refractivity contribution in [3.8, 4) is 0 Å². The monoisotopic (exact) mass is 402 g/mol. The fourth-order valence-corrected chi connectivity index (χ4v) is 5.78. The lowest BCUT2D eigenvalue weighted by molar-refractivity contribution is -0.128. The molecule has 0 unspecified atom stereocenters. The van der Waals surface area contributed by atoms with Crippen LogP contribution in [0.5, 0.6) is 0 Å². The van der Waals surface area contributed by atoms with Gasteiger partial charge in [0, 0.05) is 30.2 Å². The summed E-state index contributed by atoms with van der Waals surface area (Å²) in [6.07, 6.45) is 9.42. The minimum atomic E-state index is -0.390. The number of carbonyl (C=O) groups is 1. The predicted octanol–water partition coefficient (Wildman–Crippen LogP) is 3.91. The van der Waals surface area contributed by atoms with E-state index in [9.17, 15) is 4.79 Å². The zero-order valence-electron chi connectivity index (χ0n) is 16.5. The summed E-state index contributed by atoms with van der Waals surface area (Å²) >= 11 is 6.10. The molecule has 152 valence electrons. The highest BCUT2D eigenvalue weighted by Crippen LogP contribution is 2.41. The van der Waals surface area contributed by atoms with Gasteiger partial charge in [0.1, 0.15) is 0 Å². The quantitative estimate of drug-likeness (QED) is 0.830. The van der Waals surface area contributed by atoms with Crippen LogP contribution in [0.3, 0.4) is 0 Å². The van der Waals surface area contributed by atoms with Gasteiger partial charge in [0.25, 0.3) is 0 Å². The molecule has 1 aromatic rings. The minimum absolute atomic E-state index is 0.221. The molecule has 1 amide bonds. The first-order valence-electron chi connectivity index (χ1n) is 11.1. The number of fused-ring (bicyclic) bond motifs is 1. The van der Waals surface area contributed by atoms with Gasteiger partial charge in [-0.1, -0.05) is 43.0 Å². The molecule has 3 atom stereocenters. The van der Waals surface area contributed by atoms with Crippen molar-refractivity contribution in [3.05, 3.63) is 34.9 Å². The zero-order valence-corrected chi connectivity index (χ0v) is 17.3. The molecule has 4 aliphatic rings. The van der Waals surface area contributed by atoms with Crippen LogP contribution in [0, 0.1) is 5.92 Å². The number of ether oxygens (including phenoxy) is 1. The summed E-state index contributed by atoms with van der Waals surface area (Å²) in [5, 5.41) is 4.18. The van der Waals surface area contributed by atoms with Crippen molar-refractivity contribution in [2.45, 2.75) is 75.0 Å². The summed E-state index contributed by atoms with van der Waals surface area (Å²) in [6, 6.07) is 8.67. The van der Waals surface area contributed by atoms with Gasteiger partial charge in [-0.2, -0.15) is 0 Å².